The number of rotatable bonds is 10. The van der Waals surface area contributed by atoms with E-state index in [0.29, 0.717) is 6.42 Å². The fourth-order valence-electron chi connectivity index (χ4n) is 2.40. The first-order valence-corrected chi connectivity index (χ1v) is 7.32. The van der Waals surface area contributed by atoms with Crippen LogP contribution in [0.1, 0.15) is 64.2 Å². The number of unbranched alkanes of at least 4 members (excludes halogenated alkanes) is 4. The maximum atomic E-state index is 10.3. The van der Waals surface area contributed by atoms with Crippen LogP contribution in [0.3, 0.4) is 0 Å². The molecule has 102 valence electrons. The van der Waals surface area contributed by atoms with Crippen molar-refractivity contribution in [3.63, 3.8) is 0 Å². The van der Waals surface area contributed by atoms with E-state index in [1.165, 1.54) is 44.9 Å². The molecule has 0 saturated carbocycles. The topological polar surface area (TPSA) is 37.3 Å². The molecule has 0 aliphatic heterocycles. The number of hydrogen-bond donors (Lipinski definition) is 1. The Balaban J connectivity index is 1.80. The Morgan fingerprint density at radius 1 is 1.17 bits per heavy atom. The van der Waals surface area contributed by atoms with E-state index in [-0.39, 0.29) is 6.42 Å². The van der Waals surface area contributed by atoms with E-state index < -0.39 is 5.97 Å². The first-order chi connectivity index (χ1) is 8.79. The predicted molar refractivity (Wildman–Crippen MR) is 75.6 cm³/mol. The van der Waals surface area contributed by atoms with Gasteiger partial charge in [0.25, 0.3) is 0 Å². The number of carboxylic acid groups (broad SMARTS) is 1. The molecule has 0 fully saturated rings. The second-order valence-electron chi connectivity index (χ2n) is 5.16. The molecule has 0 spiro atoms. The average Bonchev–Trinajstić information content (AvgIpc) is 2.84. The normalized spacial score (nSPS) is 18.8. The Bertz CT molecular complexity index is 279. The summed E-state index contributed by atoms with van der Waals surface area (Å²) >= 11 is 0. The third kappa shape index (κ3) is 8.10. The van der Waals surface area contributed by atoms with Crippen LogP contribution in [0.4, 0.5) is 0 Å². The van der Waals surface area contributed by atoms with E-state index in [1.807, 2.05) is 6.08 Å². The van der Waals surface area contributed by atoms with Crippen molar-refractivity contribution in [1.82, 2.24) is 0 Å². The van der Waals surface area contributed by atoms with Gasteiger partial charge in [0, 0.05) is 6.42 Å². The van der Waals surface area contributed by atoms with E-state index >= 15 is 0 Å². The second kappa shape index (κ2) is 9.93. The Morgan fingerprint density at radius 3 is 2.67 bits per heavy atom. The molecule has 0 amide bonds. The molecule has 0 aromatic carbocycles. The molecule has 1 unspecified atom stereocenters. The summed E-state index contributed by atoms with van der Waals surface area (Å²) < 4.78 is 0. The van der Waals surface area contributed by atoms with Gasteiger partial charge in [-0.05, 0) is 44.4 Å². The molecule has 0 bridgehead atoms. The van der Waals surface area contributed by atoms with Crippen LogP contribution in [0, 0.1) is 5.92 Å². The molecule has 0 saturated heterocycles. The van der Waals surface area contributed by atoms with Gasteiger partial charge in [0.2, 0.25) is 0 Å². The summed E-state index contributed by atoms with van der Waals surface area (Å²) in [6.45, 7) is 0. The van der Waals surface area contributed by atoms with Crippen LogP contribution in [-0.4, -0.2) is 11.1 Å². The Labute approximate surface area is 111 Å². The van der Waals surface area contributed by atoms with Gasteiger partial charge in [0.1, 0.15) is 0 Å². The van der Waals surface area contributed by atoms with Crippen molar-refractivity contribution in [3.8, 4) is 0 Å². The van der Waals surface area contributed by atoms with Gasteiger partial charge in [-0.15, -0.1) is 0 Å². The summed E-state index contributed by atoms with van der Waals surface area (Å²) in [6.07, 6.45) is 20.1. The summed E-state index contributed by atoms with van der Waals surface area (Å²) in [7, 11) is 0. The highest BCUT2D eigenvalue weighted by atomic mass is 16.4. The zero-order valence-electron chi connectivity index (χ0n) is 11.3. The second-order valence-corrected chi connectivity index (χ2v) is 5.16. The lowest BCUT2D eigenvalue weighted by atomic mass is 10.00. The lowest BCUT2D eigenvalue weighted by Gasteiger charge is -2.06. The minimum absolute atomic E-state index is 0.255. The van der Waals surface area contributed by atoms with Crippen LogP contribution in [0.25, 0.3) is 0 Å². The van der Waals surface area contributed by atoms with Crippen molar-refractivity contribution in [2.24, 2.45) is 5.92 Å². The van der Waals surface area contributed by atoms with E-state index in [2.05, 4.69) is 18.2 Å². The molecule has 2 nitrogen and oxygen atoms in total. The van der Waals surface area contributed by atoms with Gasteiger partial charge < -0.3 is 5.11 Å². The molecule has 1 rings (SSSR count). The highest BCUT2D eigenvalue weighted by Crippen LogP contribution is 2.23. The van der Waals surface area contributed by atoms with Gasteiger partial charge in [0.05, 0.1) is 0 Å². The molecule has 18 heavy (non-hydrogen) atoms. The third-order valence-electron chi connectivity index (χ3n) is 3.50. The predicted octanol–water partition coefficient (Wildman–Crippen LogP) is 4.71. The number of carbonyl (C=O) groups is 1. The standard InChI is InChI=1S/C16H26O2/c17-16(18)14-8-6-4-2-1-3-5-7-11-15-12-9-10-13-15/h4,6,9,12,15H,1-3,5,7-8,10-11,13-14H2,(H,17,18)/b6-4-. The quantitative estimate of drug-likeness (QED) is 0.450. The average molecular weight is 250 g/mol. The molecular formula is C16H26O2. The van der Waals surface area contributed by atoms with Crippen LogP contribution in [-0.2, 0) is 4.79 Å². The minimum atomic E-state index is -0.708. The summed E-state index contributed by atoms with van der Waals surface area (Å²) in [4.78, 5) is 10.3. The maximum Gasteiger partial charge on any atom is 0.303 e. The highest BCUT2D eigenvalue weighted by molar-refractivity contribution is 5.66. The molecule has 0 aromatic heterocycles. The number of hydrogen-bond acceptors (Lipinski definition) is 1. The van der Waals surface area contributed by atoms with Crippen LogP contribution < -0.4 is 0 Å². The summed E-state index contributed by atoms with van der Waals surface area (Å²) in [5.74, 6) is 0.154. The van der Waals surface area contributed by atoms with E-state index in [9.17, 15) is 4.79 Å². The number of allylic oxidation sites excluding steroid dienone is 4. The smallest absolute Gasteiger partial charge is 0.303 e. The molecule has 1 aliphatic carbocycles. The number of carboxylic acids is 1. The van der Waals surface area contributed by atoms with Crippen molar-refractivity contribution in [3.05, 3.63) is 24.3 Å². The molecule has 1 aliphatic rings. The SMILES string of the molecule is O=C(O)CC/C=C\CCCCCCC1C=CCC1. The van der Waals surface area contributed by atoms with E-state index in [1.54, 1.807) is 0 Å². The zero-order valence-corrected chi connectivity index (χ0v) is 11.3. The molecule has 0 heterocycles. The molecular weight excluding hydrogens is 224 g/mol. The number of aliphatic carboxylic acids is 1. The monoisotopic (exact) mass is 250 g/mol. The van der Waals surface area contributed by atoms with Crippen molar-refractivity contribution in [1.29, 1.82) is 0 Å². The molecule has 1 N–H and O–H groups in total. The van der Waals surface area contributed by atoms with Gasteiger partial charge in [0.15, 0.2) is 0 Å². The van der Waals surface area contributed by atoms with Crippen molar-refractivity contribution in [2.75, 3.05) is 0 Å². The summed E-state index contributed by atoms with van der Waals surface area (Å²) in [5, 5.41) is 8.46. The van der Waals surface area contributed by atoms with Crippen LogP contribution in [0.15, 0.2) is 24.3 Å². The lowest BCUT2D eigenvalue weighted by Crippen LogP contribution is -1.91. The molecule has 0 aromatic rings. The Kier molecular flexibility index (Phi) is 8.28. The molecule has 0 radical (unpaired) electrons. The van der Waals surface area contributed by atoms with Gasteiger partial charge in [-0.25, -0.2) is 0 Å². The molecule has 1 atom stereocenters. The van der Waals surface area contributed by atoms with Crippen LogP contribution in [0.5, 0.6) is 0 Å². The highest BCUT2D eigenvalue weighted by Gasteiger charge is 2.07. The van der Waals surface area contributed by atoms with Gasteiger partial charge in [-0.1, -0.05) is 43.6 Å². The van der Waals surface area contributed by atoms with Crippen LogP contribution in [0.2, 0.25) is 0 Å². The van der Waals surface area contributed by atoms with Crippen molar-refractivity contribution in [2.45, 2.75) is 64.2 Å². The summed E-state index contributed by atoms with van der Waals surface area (Å²) in [5.41, 5.74) is 0. The van der Waals surface area contributed by atoms with Gasteiger partial charge in [-0.2, -0.15) is 0 Å². The largest absolute Gasteiger partial charge is 0.481 e. The van der Waals surface area contributed by atoms with E-state index in [0.717, 1.165) is 12.3 Å². The fraction of sp³-hybridized carbons (Fsp3) is 0.688. The van der Waals surface area contributed by atoms with E-state index in [4.69, 9.17) is 5.11 Å². The molecule has 2 heteroatoms. The van der Waals surface area contributed by atoms with Gasteiger partial charge >= 0.3 is 5.97 Å². The zero-order chi connectivity index (χ0) is 13.1. The Hall–Kier alpha value is -1.05. The first-order valence-electron chi connectivity index (χ1n) is 7.32. The maximum absolute atomic E-state index is 10.3. The van der Waals surface area contributed by atoms with Crippen molar-refractivity contribution < 1.29 is 9.90 Å². The minimum Gasteiger partial charge on any atom is -0.481 e. The lowest BCUT2D eigenvalue weighted by molar-refractivity contribution is -0.136. The van der Waals surface area contributed by atoms with Crippen molar-refractivity contribution >= 4 is 5.97 Å². The van der Waals surface area contributed by atoms with Gasteiger partial charge in [-0.3, -0.25) is 4.79 Å². The Morgan fingerprint density at radius 2 is 1.94 bits per heavy atom. The third-order valence-corrected chi connectivity index (χ3v) is 3.50. The van der Waals surface area contributed by atoms with Crippen LogP contribution >= 0.6 is 0 Å². The summed E-state index contributed by atoms with van der Waals surface area (Å²) in [6, 6.07) is 0. The fourth-order valence-corrected chi connectivity index (χ4v) is 2.40. The first kappa shape index (κ1) is 15.0.